The molecular weight excluding hydrogens is 390 g/mol. The summed E-state index contributed by atoms with van der Waals surface area (Å²) in [5.74, 6) is 0. The lowest BCUT2D eigenvalue weighted by Crippen LogP contribution is -2.41. The zero-order chi connectivity index (χ0) is 20.8. The van der Waals surface area contributed by atoms with E-state index in [9.17, 15) is 4.79 Å². The normalized spacial score (nSPS) is 18.9. The first-order chi connectivity index (χ1) is 13.7. The first kappa shape index (κ1) is 20.0. The SMILES string of the molecule is CC1(C)OB(C(F)=C(Cc2nc3ccccc3[nH]c2=O)c2cccs2)OC1(C)C. The van der Waals surface area contributed by atoms with Crippen molar-refractivity contribution in [2.45, 2.75) is 45.3 Å². The highest BCUT2D eigenvalue weighted by Gasteiger charge is 2.53. The van der Waals surface area contributed by atoms with E-state index >= 15 is 4.39 Å². The molecule has 0 unspecified atom stereocenters. The lowest BCUT2D eigenvalue weighted by atomic mass is 9.83. The van der Waals surface area contributed by atoms with Gasteiger partial charge in [0.15, 0.2) is 0 Å². The summed E-state index contributed by atoms with van der Waals surface area (Å²) in [4.78, 5) is 20.6. The zero-order valence-corrected chi connectivity index (χ0v) is 17.6. The van der Waals surface area contributed by atoms with Crippen molar-refractivity contribution in [3.05, 3.63) is 68.4 Å². The molecule has 1 fully saturated rings. The quantitative estimate of drug-likeness (QED) is 0.640. The Labute approximate surface area is 172 Å². The maximum atomic E-state index is 15.6. The van der Waals surface area contributed by atoms with Gasteiger partial charge in [-0.2, -0.15) is 0 Å². The summed E-state index contributed by atoms with van der Waals surface area (Å²) in [7, 11) is -1.13. The first-order valence-electron chi connectivity index (χ1n) is 9.44. The molecular formula is C21H22BFN2O3S. The van der Waals surface area contributed by atoms with Crippen LogP contribution in [0.25, 0.3) is 16.6 Å². The molecule has 0 atom stereocenters. The first-order valence-corrected chi connectivity index (χ1v) is 10.3. The van der Waals surface area contributed by atoms with Gasteiger partial charge in [-0.05, 0) is 51.3 Å². The van der Waals surface area contributed by atoms with Crippen LogP contribution in [-0.4, -0.2) is 28.3 Å². The van der Waals surface area contributed by atoms with Gasteiger partial charge >= 0.3 is 7.12 Å². The number of thiophene rings is 1. The van der Waals surface area contributed by atoms with Crippen molar-refractivity contribution in [3.8, 4) is 0 Å². The molecule has 1 saturated heterocycles. The number of hydrogen-bond donors (Lipinski definition) is 1. The van der Waals surface area contributed by atoms with E-state index < -0.39 is 24.0 Å². The maximum Gasteiger partial charge on any atom is 0.525 e. The lowest BCUT2D eigenvalue weighted by molar-refractivity contribution is 0.00578. The average Bonchev–Trinajstić information content (AvgIpc) is 3.25. The van der Waals surface area contributed by atoms with Gasteiger partial charge in [-0.25, -0.2) is 9.37 Å². The predicted octanol–water partition coefficient (Wildman–Crippen LogP) is 4.54. The highest BCUT2D eigenvalue weighted by Crippen LogP contribution is 2.41. The van der Waals surface area contributed by atoms with E-state index in [0.717, 1.165) is 0 Å². The highest BCUT2D eigenvalue weighted by molar-refractivity contribution is 7.11. The minimum Gasteiger partial charge on any atom is -0.398 e. The second kappa shape index (κ2) is 7.20. The second-order valence-electron chi connectivity index (χ2n) is 8.10. The Balaban J connectivity index is 1.77. The molecule has 0 radical (unpaired) electrons. The molecule has 0 spiro atoms. The number of nitrogens with zero attached hydrogens (tertiary/aromatic N) is 1. The molecule has 1 aliphatic rings. The van der Waals surface area contributed by atoms with Gasteiger partial charge in [-0.1, -0.05) is 18.2 Å². The van der Waals surface area contributed by atoms with Crippen LogP contribution in [0.4, 0.5) is 4.39 Å². The van der Waals surface area contributed by atoms with E-state index in [1.807, 2.05) is 63.4 Å². The fraction of sp³-hybridized carbons (Fsp3) is 0.333. The predicted molar refractivity (Wildman–Crippen MR) is 114 cm³/mol. The van der Waals surface area contributed by atoms with Crippen LogP contribution in [-0.2, 0) is 15.7 Å². The molecule has 0 saturated carbocycles. The van der Waals surface area contributed by atoms with Gasteiger partial charge < -0.3 is 14.3 Å². The summed E-state index contributed by atoms with van der Waals surface area (Å²) < 4.78 is 27.4. The molecule has 1 N–H and O–H groups in total. The summed E-state index contributed by atoms with van der Waals surface area (Å²) in [6, 6.07) is 10.9. The van der Waals surface area contributed by atoms with Gasteiger partial charge in [0.05, 0.1) is 22.2 Å². The van der Waals surface area contributed by atoms with E-state index in [1.54, 1.807) is 6.07 Å². The molecule has 150 valence electrons. The van der Waals surface area contributed by atoms with Crippen LogP contribution >= 0.6 is 11.3 Å². The Hall–Kier alpha value is -2.29. The van der Waals surface area contributed by atoms with Gasteiger partial charge in [0.2, 0.25) is 0 Å². The van der Waals surface area contributed by atoms with Crippen molar-refractivity contribution in [1.82, 2.24) is 9.97 Å². The van der Waals surface area contributed by atoms with Crippen molar-refractivity contribution in [2.75, 3.05) is 0 Å². The third kappa shape index (κ3) is 3.68. The van der Waals surface area contributed by atoms with E-state index in [4.69, 9.17) is 9.31 Å². The fourth-order valence-corrected chi connectivity index (χ4v) is 3.96. The van der Waals surface area contributed by atoms with Crippen LogP contribution in [0, 0.1) is 0 Å². The van der Waals surface area contributed by atoms with Crippen molar-refractivity contribution < 1.29 is 13.7 Å². The van der Waals surface area contributed by atoms with Crippen LogP contribution in [0.2, 0.25) is 0 Å². The van der Waals surface area contributed by atoms with Crippen molar-refractivity contribution in [3.63, 3.8) is 0 Å². The molecule has 2 aromatic heterocycles. The zero-order valence-electron chi connectivity index (χ0n) is 16.8. The molecule has 5 nitrogen and oxygen atoms in total. The summed E-state index contributed by atoms with van der Waals surface area (Å²) in [5, 5.41) is 1.87. The lowest BCUT2D eigenvalue weighted by Gasteiger charge is -2.32. The van der Waals surface area contributed by atoms with Crippen LogP contribution in [0.3, 0.4) is 0 Å². The van der Waals surface area contributed by atoms with Gasteiger partial charge in [0.1, 0.15) is 11.4 Å². The highest BCUT2D eigenvalue weighted by atomic mass is 32.1. The Bertz CT molecular complexity index is 1120. The average molecular weight is 412 g/mol. The maximum absolute atomic E-state index is 15.6. The number of aromatic nitrogens is 2. The smallest absolute Gasteiger partial charge is 0.398 e. The standard InChI is InChI=1S/C21H22BFN2O3S/c1-20(2)21(3,4)28-22(27-20)18(23)13(17-10-7-11-29-17)12-16-19(26)25-15-9-6-5-8-14(15)24-16/h5-11H,12H2,1-4H3,(H,25,26). The van der Waals surface area contributed by atoms with Crippen LogP contribution in [0.15, 0.2) is 52.3 Å². The Morgan fingerprint density at radius 2 is 1.83 bits per heavy atom. The Morgan fingerprint density at radius 1 is 1.14 bits per heavy atom. The summed E-state index contributed by atoms with van der Waals surface area (Å²) in [6.07, 6.45) is 0.0383. The number of rotatable bonds is 4. The van der Waals surface area contributed by atoms with E-state index in [2.05, 4.69) is 9.97 Å². The molecule has 4 rings (SSSR count). The number of halogens is 1. The van der Waals surface area contributed by atoms with E-state index in [-0.39, 0.29) is 17.7 Å². The van der Waals surface area contributed by atoms with Gasteiger partial charge in [-0.3, -0.25) is 4.79 Å². The van der Waals surface area contributed by atoms with Crippen LogP contribution in [0.1, 0.15) is 38.3 Å². The number of H-pyrrole nitrogens is 1. The third-order valence-corrected chi connectivity index (χ3v) is 6.51. The number of nitrogens with one attached hydrogen (secondary N) is 1. The number of benzene rings is 1. The van der Waals surface area contributed by atoms with Crippen LogP contribution in [0.5, 0.6) is 0 Å². The third-order valence-electron chi connectivity index (χ3n) is 5.58. The minimum absolute atomic E-state index is 0.0383. The Morgan fingerprint density at radius 3 is 2.48 bits per heavy atom. The van der Waals surface area contributed by atoms with E-state index in [1.165, 1.54) is 11.3 Å². The monoisotopic (exact) mass is 412 g/mol. The fourth-order valence-electron chi connectivity index (χ4n) is 3.18. The minimum atomic E-state index is -1.13. The number of aromatic amines is 1. The number of para-hydroxylation sites is 2. The second-order valence-corrected chi connectivity index (χ2v) is 9.05. The summed E-state index contributed by atoms with van der Waals surface area (Å²) in [5.41, 5.74) is -0.272. The molecule has 0 amide bonds. The number of fused-ring (bicyclic) bond motifs is 1. The molecule has 3 aromatic rings. The van der Waals surface area contributed by atoms with E-state index in [0.29, 0.717) is 21.5 Å². The van der Waals surface area contributed by atoms with Crippen molar-refractivity contribution >= 4 is 35.1 Å². The summed E-state index contributed by atoms with van der Waals surface area (Å²) >= 11 is 1.40. The van der Waals surface area contributed by atoms with Gasteiger partial charge in [0, 0.05) is 16.9 Å². The molecule has 29 heavy (non-hydrogen) atoms. The molecule has 3 heterocycles. The van der Waals surface area contributed by atoms with Gasteiger partial charge in [0.25, 0.3) is 5.56 Å². The summed E-state index contributed by atoms with van der Waals surface area (Å²) in [6.45, 7) is 7.50. The largest absolute Gasteiger partial charge is 0.525 e. The number of allylic oxidation sites excluding steroid dienone is 1. The Kier molecular flexibility index (Phi) is 4.97. The number of hydrogen-bond acceptors (Lipinski definition) is 5. The molecule has 1 aliphatic heterocycles. The van der Waals surface area contributed by atoms with Crippen LogP contribution < -0.4 is 5.56 Å². The molecule has 0 aliphatic carbocycles. The van der Waals surface area contributed by atoms with Crippen molar-refractivity contribution in [1.29, 1.82) is 0 Å². The van der Waals surface area contributed by atoms with Gasteiger partial charge in [-0.15, -0.1) is 11.3 Å². The molecule has 1 aromatic carbocycles. The molecule has 8 heteroatoms. The molecule has 0 bridgehead atoms. The topological polar surface area (TPSA) is 64.2 Å². The van der Waals surface area contributed by atoms with Crippen molar-refractivity contribution in [2.24, 2.45) is 0 Å².